The lowest BCUT2D eigenvalue weighted by Crippen LogP contribution is -2.39. The molecule has 1 unspecified atom stereocenters. The number of halogens is 2. The van der Waals surface area contributed by atoms with Crippen molar-refractivity contribution in [3.8, 4) is 0 Å². The molecule has 1 saturated heterocycles. The van der Waals surface area contributed by atoms with Gasteiger partial charge in [0, 0.05) is 17.6 Å². The Morgan fingerprint density at radius 2 is 1.80 bits per heavy atom. The van der Waals surface area contributed by atoms with Crippen LogP contribution in [0.1, 0.15) is 36.9 Å². The van der Waals surface area contributed by atoms with Crippen LogP contribution in [0.25, 0.3) is 0 Å². The standard InChI is InChI=1S/C14H19F2NO2S/c1-9-7-14(16)12(8-13(9)15)10(2)17-11-3-5-20(18,19)6-4-11/h7-8,10-11,17H,3-6H2,1-2H3. The minimum atomic E-state index is -2.91. The average Bonchev–Trinajstić information content (AvgIpc) is 2.36. The van der Waals surface area contributed by atoms with Gasteiger partial charge in [0.05, 0.1) is 11.5 Å². The van der Waals surface area contributed by atoms with Crippen molar-refractivity contribution in [1.82, 2.24) is 5.32 Å². The van der Waals surface area contributed by atoms with Gasteiger partial charge in [0.15, 0.2) is 0 Å². The summed E-state index contributed by atoms with van der Waals surface area (Å²) < 4.78 is 50.1. The number of rotatable bonds is 3. The second kappa shape index (κ2) is 5.77. The molecule has 0 amide bonds. The number of aryl methyl sites for hydroxylation is 1. The van der Waals surface area contributed by atoms with Crippen LogP contribution in [-0.2, 0) is 9.84 Å². The van der Waals surface area contributed by atoms with E-state index in [4.69, 9.17) is 0 Å². The van der Waals surface area contributed by atoms with Crippen molar-refractivity contribution in [2.75, 3.05) is 11.5 Å². The fourth-order valence-corrected chi connectivity index (χ4v) is 3.98. The molecule has 0 bridgehead atoms. The van der Waals surface area contributed by atoms with Crippen LogP contribution in [0.3, 0.4) is 0 Å². The third kappa shape index (κ3) is 3.55. The van der Waals surface area contributed by atoms with E-state index < -0.39 is 21.5 Å². The fourth-order valence-electron chi connectivity index (χ4n) is 2.49. The number of benzene rings is 1. The highest BCUT2D eigenvalue weighted by Crippen LogP contribution is 2.23. The van der Waals surface area contributed by atoms with Crippen LogP contribution >= 0.6 is 0 Å². The third-order valence-corrected chi connectivity index (χ3v) is 5.50. The monoisotopic (exact) mass is 303 g/mol. The largest absolute Gasteiger partial charge is 0.307 e. The molecule has 1 aliphatic rings. The fraction of sp³-hybridized carbons (Fsp3) is 0.571. The van der Waals surface area contributed by atoms with Crippen LogP contribution in [-0.4, -0.2) is 26.0 Å². The number of hydrogen-bond donors (Lipinski definition) is 1. The molecule has 0 radical (unpaired) electrons. The van der Waals surface area contributed by atoms with Gasteiger partial charge in [-0.3, -0.25) is 0 Å². The maximum atomic E-state index is 13.9. The lowest BCUT2D eigenvalue weighted by atomic mass is 10.0. The van der Waals surface area contributed by atoms with E-state index in [-0.39, 0.29) is 34.7 Å². The SMILES string of the molecule is Cc1cc(F)c(C(C)NC2CCS(=O)(=O)CC2)cc1F. The van der Waals surface area contributed by atoms with Crippen molar-refractivity contribution in [2.24, 2.45) is 0 Å². The minimum Gasteiger partial charge on any atom is -0.307 e. The molecule has 20 heavy (non-hydrogen) atoms. The van der Waals surface area contributed by atoms with Gasteiger partial charge < -0.3 is 5.32 Å². The molecule has 0 aromatic heterocycles. The Bertz CT molecular complexity index is 587. The third-order valence-electron chi connectivity index (χ3n) is 3.78. The van der Waals surface area contributed by atoms with Crippen molar-refractivity contribution in [3.05, 3.63) is 34.9 Å². The smallest absolute Gasteiger partial charge is 0.150 e. The molecule has 0 spiro atoms. The first-order valence-corrected chi connectivity index (χ1v) is 8.52. The van der Waals surface area contributed by atoms with Gasteiger partial charge in [-0.05, 0) is 44.4 Å². The number of sulfone groups is 1. The van der Waals surface area contributed by atoms with E-state index in [1.807, 2.05) is 0 Å². The number of nitrogens with one attached hydrogen (secondary N) is 1. The molecule has 1 fully saturated rings. The summed E-state index contributed by atoms with van der Waals surface area (Å²) in [7, 11) is -2.91. The average molecular weight is 303 g/mol. The summed E-state index contributed by atoms with van der Waals surface area (Å²) in [6.45, 7) is 3.28. The van der Waals surface area contributed by atoms with Gasteiger partial charge in [-0.2, -0.15) is 0 Å². The van der Waals surface area contributed by atoms with Crippen LogP contribution in [0.15, 0.2) is 12.1 Å². The zero-order valence-corrected chi connectivity index (χ0v) is 12.4. The lowest BCUT2D eigenvalue weighted by Gasteiger charge is -2.27. The van der Waals surface area contributed by atoms with Crippen molar-refractivity contribution < 1.29 is 17.2 Å². The van der Waals surface area contributed by atoms with Gasteiger partial charge in [-0.1, -0.05) is 0 Å². The van der Waals surface area contributed by atoms with Crippen LogP contribution in [0.2, 0.25) is 0 Å². The molecular formula is C14H19F2NO2S. The van der Waals surface area contributed by atoms with Gasteiger partial charge in [-0.25, -0.2) is 17.2 Å². The Kier molecular flexibility index (Phi) is 4.44. The first kappa shape index (κ1) is 15.4. The van der Waals surface area contributed by atoms with Crippen molar-refractivity contribution >= 4 is 9.84 Å². The van der Waals surface area contributed by atoms with E-state index in [0.29, 0.717) is 12.8 Å². The molecule has 1 atom stereocenters. The molecule has 1 N–H and O–H groups in total. The Morgan fingerprint density at radius 1 is 1.20 bits per heavy atom. The summed E-state index contributed by atoms with van der Waals surface area (Å²) in [6.07, 6.45) is 1.03. The van der Waals surface area contributed by atoms with E-state index in [1.165, 1.54) is 19.1 Å². The molecule has 112 valence electrons. The van der Waals surface area contributed by atoms with Crippen molar-refractivity contribution in [2.45, 2.75) is 38.8 Å². The normalized spacial score (nSPS) is 20.8. The summed E-state index contributed by atoms with van der Waals surface area (Å²) in [5.74, 6) is -0.557. The van der Waals surface area contributed by atoms with E-state index >= 15 is 0 Å². The van der Waals surface area contributed by atoms with Crippen molar-refractivity contribution in [1.29, 1.82) is 0 Å². The van der Waals surface area contributed by atoms with Gasteiger partial charge in [0.2, 0.25) is 0 Å². The number of hydrogen-bond acceptors (Lipinski definition) is 3. The van der Waals surface area contributed by atoms with Gasteiger partial charge in [-0.15, -0.1) is 0 Å². The predicted molar refractivity (Wildman–Crippen MR) is 74.3 cm³/mol. The highest BCUT2D eigenvalue weighted by molar-refractivity contribution is 7.91. The van der Waals surface area contributed by atoms with E-state index in [1.54, 1.807) is 6.92 Å². The maximum Gasteiger partial charge on any atom is 0.150 e. The molecule has 0 saturated carbocycles. The molecular weight excluding hydrogens is 284 g/mol. The van der Waals surface area contributed by atoms with E-state index in [0.717, 1.165) is 0 Å². The van der Waals surface area contributed by atoms with Crippen LogP contribution in [0, 0.1) is 18.6 Å². The summed E-state index contributed by atoms with van der Waals surface area (Å²) >= 11 is 0. The summed E-state index contributed by atoms with van der Waals surface area (Å²) in [6, 6.07) is 2.07. The summed E-state index contributed by atoms with van der Waals surface area (Å²) in [5, 5.41) is 3.19. The topological polar surface area (TPSA) is 46.2 Å². The van der Waals surface area contributed by atoms with Crippen LogP contribution in [0.5, 0.6) is 0 Å². The first-order chi connectivity index (χ1) is 9.28. The Balaban J connectivity index is 2.06. The zero-order chi connectivity index (χ0) is 14.9. The second-order valence-corrected chi connectivity index (χ2v) is 7.74. The highest BCUT2D eigenvalue weighted by Gasteiger charge is 2.25. The zero-order valence-electron chi connectivity index (χ0n) is 11.6. The van der Waals surface area contributed by atoms with Gasteiger partial charge in [0.25, 0.3) is 0 Å². The molecule has 1 aromatic carbocycles. The Morgan fingerprint density at radius 3 is 2.40 bits per heavy atom. The van der Waals surface area contributed by atoms with Crippen molar-refractivity contribution in [3.63, 3.8) is 0 Å². The molecule has 1 aromatic rings. The maximum absolute atomic E-state index is 13.9. The molecule has 2 rings (SSSR count). The molecule has 6 heteroatoms. The van der Waals surface area contributed by atoms with Gasteiger partial charge in [0.1, 0.15) is 21.5 Å². The lowest BCUT2D eigenvalue weighted by molar-refractivity contribution is 0.410. The molecule has 0 aliphatic carbocycles. The molecule has 3 nitrogen and oxygen atoms in total. The van der Waals surface area contributed by atoms with Crippen LogP contribution in [0.4, 0.5) is 8.78 Å². The molecule has 1 heterocycles. The summed E-state index contributed by atoms with van der Waals surface area (Å²) in [4.78, 5) is 0. The van der Waals surface area contributed by atoms with Gasteiger partial charge >= 0.3 is 0 Å². The van der Waals surface area contributed by atoms with E-state index in [2.05, 4.69) is 5.32 Å². The summed E-state index contributed by atoms with van der Waals surface area (Å²) in [5.41, 5.74) is 0.559. The second-order valence-electron chi connectivity index (χ2n) is 5.44. The first-order valence-electron chi connectivity index (χ1n) is 6.70. The minimum absolute atomic E-state index is 0.0253. The molecule has 1 aliphatic heterocycles. The van der Waals surface area contributed by atoms with Crippen LogP contribution < -0.4 is 5.32 Å². The highest BCUT2D eigenvalue weighted by atomic mass is 32.2. The Hall–Kier alpha value is -1.01. The quantitative estimate of drug-likeness (QED) is 0.933. The Labute approximate surface area is 118 Å². The predicted octanol–water partition coefficient (Wildman–Crippen LogP) is 2.50. The van der Waals surface area contributed by atoms with E-state index in [9.17, 15) is 17.2 Å².